The molecule has 0 aliphatic rings. The molecular weight excluding hydrogens is 320 g/mol. The Bertz CT molecular complexity index is 948. The molecule has 25 heavy (non-hydrogen) atoms. The van der Waals surface area contributed by atoms with Crippen LogP contribution in [0.15, 0.2) is 64.4 Å². The molecule has 0 saturated carbocycles. The van der Waals surface area contributed by atoms with Crippen LogP contribution < -0.4 is 26.8 Å². The lowest BCUT2D eigenvalue weighted by Gasteiger charge is -2.21. The van der Waals surface area contributed by atoms with Gasteiger partial charge in [0.25, 0.3) is 10.9 Å². The predicted molar refractivity (Wildman–Crippen MR) is 95.7 cm³/mol. The molecule has 126 valence electrons. The van der Waals surface area contributed by atoms with Gasteiger partial charge in [-0.1, -0.05) is 30.3 Å². The molecule has 3 N–H and O–H groups in total. The first-order valence-electron chi connectivity index (χ1n) is 7.65. The van der Waals surface area contributed by atoms with Crippen molar-refractivity contribution < 1.29 is 4.79 Å². The number of anilines is 3. The summed E-state index contributed by atoms with van der Waals surface area (Å²) in [5.74, 6) is -0.311. The zero-order valence-electron chi connectivity index (χ0n) is 13.4. The third-order valence-corrected chi connectivity index (χ3v) is 3.79. The molecule has 0 radical (unpaired) electrons. The summed E-state index contributed by atoms with van der Waals surface area (Å²) in [5, 5.41) is 8.35. The van der Waals surface area contributed by atoms with Crippen molar-refractivity contribution in [3.8, 4) is 0 Å². The highest BCUT2D eigenvalue weighted by Crippen LogP contribution is 2.25. The average molecular weight is 336 g/mol. The maximum atomic E-state index is 12.2. The SMILES string of the molecule is CNC(=O)[C@@H](Nc1c(Nc2ccncc2)c(=O)c1=O)c1ccccc1. The van der Waals surface area contributed by atoms with Crippen molar-refractivity contribution in [2.75, 3.05) is 17.7 Å². The Labute approximate surface area is 143 Å². The van der Waals surface area contributed by atoms with Gasteiger partial charge in [-0.05, 0) is 17.7 Å². The maximum Gasteiger partial charge on any atom is 0.253 e. The Morgan fingerprint density at radius 3 is 2.24 bits per heavy atom. The second-order valence-electron chi connectivity index (χ2n) is 5.37. The van der Waals surface area contributed by atoms with Crippen LogP contribution in [-0.2, 0) is 4.79 Å². The first-order chi connectivity index (χ1) is 12.1. The molecular formula is C18H16N4O3. The molecule has 3 aromatic rings. The number of pyridine rings is 1. The van der Waals surface area contributed by atoms with Gasteiger partial charge in [0.05, 0.1) is 0 Å². The quantitative estimate of drug-likeness (QED) is 0.587. The van der Waals surface area contributed by atoms with E-state index in [1.807, 2.05) is 6.07 Å². The lowest BCUT2D eigenvalue weighted by molar-refractivity contribution is -0.121. The van der Waals surface area contributed by atoms with E-state index in [9.17, 15) is 14.4 Å². The number of nitrogens with one attached hydrogen (secondary N) is 3. The monoisotopic (exact) mass is 336 g/mol. The van der Waals surface area contributed by atoms with Gasteiger partial charge in [-0.25, -0.2) is 0 Å². The normalized spacial score (nSPS) is 11.7. The van der Waals surface area contributed by atoms with E-state index in [-0.39, 0.29) is 17.3 Å². The second-order valence-corrected chi connectivity index (χ2v) is 5.37. The van der Waals surface area contributed by atoms with Crippen LogP contribution in [0.3, 0.4) is 0 Å². The Hall–Kier alpha value is -3.48. The van der Waals surface area contributed by atoms with E-state index in [1.165, 1.54) is 7.05 Å². The minimum atomic E-state index is -0.785. The summed E-state index contributed by atoms with van der Waals surface area (Å²) in [7, 11) is 1.51. The fraction of sp³-hybridized carbons (Fsp3) is 0.111. The Morgan fingerprint density at radius 2 is 1.60 bits per heavy atom. The molecule has 2 aromatic carbocycles. The molecule has 7 nitrogen and oxygen atoms in total. The number of rotatable bonds is 6. The number of aromatic nitrogens is 1. The van der Waals surface area contributed by atoms with Gasteiger partial charge in [0, 0.05) is 25.1 Å². The largest absolute Gasteiger partial charge is 0.365 e. The highest BCUT2D eigenvalue weighted by atomic mass is 16.2. The predicted octanol–water partition coefficient (Wildman–Crippen LogP) is 1.32. The lowest BCUT2D eigenvalue weighted by atomic mass is 10.0. The molecule has 0 aliphatic carbocycles. The lowest BCUT2D eigenvalue weighted by Crippen LogP contribution is -2.40. The summed E-state index contributed by atoms with van der Waals surface area (Å²) < 4.78 is 0. The van der Waals surface area contributed by atoms with Crippen molar-refractivity contribution in [3.05, 3.63) is 80.9 Å². The summed E-state index contributed by atoms with van der Waals surface area (Å²) in [6.07, 6.45) is 3.14. The van der Waals surface area contributed by atoms with Crippen LogP contribution in [0.25, 0.3) is 0 Å². The van der Waals surface area contributed by atoms with Crippen molar-refractivity contribution in [3.63, 3.8) is 0 Å². The highest BCUT2D eigenvalue weighted by molar-refractivity contribution is 5.88. The van der Waals surface area contributed by atoms with Gasteiger partial charge >= 0.3 is 0 Å². The van der Waals surface area contributed by atoms with E-state index in [1.54, 1.807) is 48.8 Å². The summed E-state index contributed by atoms with van der Waals surface area (Å²) in [6.45, 7) is 0. The summed E-state index contributed by atoms with van der Waals surface area (Å²) >= 11 is 0. The van der Waals surface area contributed by atoms with E-state index in [0.29, 0.717) is 11.3 Å². The van der Waals surface area contributed by atoms with E-state index in [4.69, 9.17) is 0 Å². The van der Waals surface area contributed by atoms with Crippen LogP contribution >= 0.6 is 0 Å². The van der Waals surface area contributed by atoms with Crippen molar-refractivity contribution in [2.45, 2.75) is 6.04 Å². The number of hydrogen-bond donors (Lipinski definition) is 3. The fourth-order valence-corrected chi connectivity index (χ4v) is 2.46. The highest BCUT2D eigenvalue weighted by Gasteiger charge is 2.27. The molecule has 3 rings (SSSR count). The number of likely N-dealkylation sites (N-methyl/N-ethyl adjacent to an activating group) is 1. The molecule has 1 aromatic heterocycles. The van der Waals surface area contributed by atoms with Crippen molar-refractivity contribution >= 4 is 23.0 Å². The molecule has 0 saturated heterocycles. The van der Waals surface area contributed by atoms with Gasteiger partial charge < -0.3 is 16.0 Å². The fourth-order valence-electron chi connectivity index (χ4n) is 2.46. The summed E-state index contributed by atoms with van der Waals surface area (Å²) in [6, 6.07) is 11.5. The Morgan fingerprint density at radius 1 is 0.960 bits per heavy atom. The average Bonchev–Trinajstić information content (AvgIpc) is 2.68. The molecule has 0 fully saturated rings. The molecule has 1 heterocycles. The van der Waals surface area contributed by atoms with Crippen LogP contribution in [0.1, 0.15) is 11.6 Å². The van der Waals surface area contributed by atoms with E-state index >= 15 is 0 Å². The molecule has 7 heteroatoms. The van der Waals surface area contributed by atoms with E-state index in [2.05, 4.69) is 20.9 Å². The van der Waals surface area contributed by atoms with Gasteiger partial charge in [0.1, 0.15) is 17.4 Å². The van der Waals surface area contributed by atoms with Gasteiger partial charge in [0.2, 0.25) is 5.91 Å². The maximum absolute atomic E-state index is 12.2. The number of carbonyl (C=O) groups is 1. The molecule has 0 bridgehead atoms. The van der Waals surface area contributed by atoms with Crippen molar-refractivity contribution in [2.24, 2.45) is 0 Å². The summed E-state index contributed by atoms with van der Waals surface area (Å²) in [4.78, 5) is 40.0. The van der Waals surface area contributed by atoms with Gasteiger partial charge in [-0.3, -0.25) is 19.4 Å². The van der Waals surface area contributed by atoms with Crippen LogP contribution in [-0.4, -0.2) is 17.9 Å². The molecule has 0 aliphatic heterocycles. The minimum Gasteiger partial charge on any atom is -0.365 e. The van der Waals surface area contributed by atoms with Gasteiger partial charge in [0.15, 0.2) is 0 Å². The smallest absolute Gasteiger partial charge is 0.253 e. The topological polar surface area (TPSA) is 100 Å². The van der Waals surface area contributed by atoms with Crippen LogP contribution in [0, 0.1) is 0 Å². The number of benzene rings is 1. The van der Waals surface area contributed by atoms with E-state index < -0.39 is 16.9 Å². The van der Waals surface area contributed by atoms with E-state index in [0.717, 1.165) is 0 Å². The third-order valence-electron chi connectivity index (χ3n) is 3.79. The van der Waals surface area contributed by atoms with Crippen molar-refractivity contribution in [1.82, 2.24) is 10.3 Å². The van der Waals surface area contributed by atoms with Crippen LogP contribution in [0.4, 0.5) is 17.1 Å². The van der Waals surface area contributed by atoms with Crippen LogP contribution in [0.5, 0.6) is 0 Å². The van der Waals surface area contributed by atoms with Crippen LogP contribution in [0.2, 0.25) is 0 Å². The first-order valence-corrected chi connectivity index (χ1v) is 7.65. The number of carbonyl (C=O) groups excluding carboxylic acids is 1. The number of amides is 1. The number of nitrogens with zero attached hydrogens (tertiary/aromatic N) is 1. The molecule has 0 spiro atoms. The molecule has 1 amide bonds. The van der Waals surface area contributed by atoms with Crippen molar-refractivity contribution in [1.29, 1.82) is 0 Å². The van der Waals surface area contributed by atoms with Gasteiger partial charge in [-0.2, -0.15) is 0 Å². The second kappa shape index (κ2) is 6.96. The minimum absolute atomic E-state index is 0.0965. The van der Waals surface area contributed by atoms with Gasteiger partial charge in [-0.15, -0.1) is 0 Å². The standard InChI is InChI=1S/C18H16N4O3/c1-19-18(25)13(11-5-3-2-4-6-11)22-15-14(16(23)17(15)24)21-12-7-9-20-10-8-12/h2-10,13,22H,1H3,(H,19,25)(H,20,21)/t13-/m0/s1. The third kappa shape index (κ3) is 3.25. The Balaban J connectivity index is 1.91. The number of hydrogen-bond acceptors (Lipinski definition) is 6. The zero-order valence-corrected chi connectivity index (χ0v) is 13.4. The Kier molecular flexibility index (Phi) is 4.56. The first kappa shape index (κ1) is 16.4. The zero-order chi connectivity index (χ0) is 17.8. The molecule has 0 unspecified atom stereocenters. The molecule has 1 atom stereocenters. The summed E-state index contributed by atoms with van der Waals surface area (Å²) in [5.41, 5.74) is 0.274.